The summed E-state index contributed by atoms with van der Waals surface area (Å²) in [5, 5.41) is 2.93. The molecule has 0 aliphatic rings. The third kappa shape index (κ3) is 3.71. The van der Waals surface area contributed by atoms with Crippen molar-refractivity contribution in [2.45, 2.75) is 13.0 Å². The van der Waals surface area contributed by atoms with Gasteiger partial charge in [-0.25, -0.2) is 0 Å². The van der Waals surface area contributed by atoms with Crippen LogP contribution in [0.5, 0.6) is 17.2 Å². The number of benzene rings is 1. The number of carbonyl (C=O) groups excluding carboxylic acids is 1. The van der Waals surface area contributed by atoms with Gasteiger partial charge in [-0.05, 0) is 24.6 Å². The SMILES string of the molecule is COc1cc(OC)c(C(=O)N[C@H](C)c2ccncc2)cc1OC. The van der Waals surface area contributed by atoms with Crippen molar-refractivity contribution in [2.24, 2.45) is 0 Å². The molecule has 0 aliphatic carbocycles. The molecule has 1 heterocycles. The standard InChI is InChI=1S/C17H20N2O4/c1-11(12-5-7-18-8-6-12)19-17(20)13-9-15(22-3)16(23-4)10-14(13)21-2/h5-11H,1-4H3,(H,19,20)/t11-/m1/s1. The fourth-order valence-corrected chi connectivity index (χ4v) is 2.22. The van der Waals surface area contributed by atoms with Gasteiger partial charge in [0, 0.05) is 24.5 Å². The van der Waals surface area contributed by atoms with Crippen LogP contribution in [0, 0.1) is 0 Å². The summed E-state index contributed by atoms with van der Waals surface area (Å²) < 4.78 is 15.8. The van der Waals surface area contributed by atoms with Crippen LogP contribution in [0.2, 0.25) is 0 Å². The van der Waals surface area contributed by atoms with Crippen LogP contribution in [-0.4, -0.2) is 32.2 Å². The van der Waals surface area contributed by atoms with E-state index in [1.54, 1.807) is 24.5 Å². The van der Waals surface area contributed by atoms with E-state index in [0.717, 1.165) is 5.56 Å². The molecule has 6 nitrogen and oxygen atoms in total. The van der Waals surface area contributed by atoms with Gasteiger partial charge in [0.05, 0.1) is 32.9 Å². The van der Waals surface area contributed by atoms with Crippen LogP contribution in [0.1, 0.15) is 28.9 Å². The van der Waals surface area contributed by atoms with Gasteiger partial charge in [-0.3, -0.25) is 9.78 Å². The van der Waals surface area contributed by atoms with Crippen molar-refractivity contribution in [3.63, 3.8) is 0 Å². The molecule has 2 rings (SSSR count). The van der Waals surface area contributed by atoms with Crippen molar-refractivity contribution in [3.05, 3.63) is 47.8 Å². The highest BCUT2D eigenvalue weighted by atomic mass is 16.5. The number of pyridine rings is 1. The highest BCUT2D eigenvalue weighted by molar-refractivity contribution is 5.98. The van der Waals surface area contributed by atoms with E-state index in [1.807, 2.05) is 19.1 Å². The normalized spacial score (nSPS) is 11.5. The molecule has 0 aliphatic heterocycles. The number of nitrogens with one attached hydrogen (secondary N) is 1. The van der Waals surface area contributed by atoms with Gasteiger partial charge in [0.2, 0.25) is 0 Å². The number of carbonyl (C=O) groups is 1. The molecule has 122 valence electrons. The lowest BCUT2D eigenvalue weighted by Gasteiger charge is -2.17. The predicted molar refractivity (Wildman–Crippen MR) is 86.2 cm³/mol. The van der Waals surface area contributed by atoms with E-state index >= 15 is 0 Å². The minimum Gasteiger partial charge on any atom is -0.496 e. The third-order valence-electron chi connectivity index (χ3n) is 3.50. The monoisotopic (exact) mass is 316 g/mol. The van der Waals surface area contributed by atoms with Crippen LogP contribution in [0.3, 0.4) is 0 Å². The molecule has 1 amide bonds. The Morgan fingerprint density at radius 2 is 1.57 bits per heavy atom. The minimum atomic E-state index is -0.257. The maximum Gasteiger partial charge on any atom is 0.255 e. The summed E-state index contributed by atoms with van der Waals surface area (Å²) >= 11 is 0. The van der Waals surface area contributed by atoms with Crippen LogP contribution >= 0.6 is 0 Å². The number of hydrogen-bond acceptors (Lipinski definition) is 5. The highest BCUT2D eigenvalue weighted by Crippen LogP contribution is 2.34. The molecule has 2 aromatic rings. The summed E-state index contributed by atoms with van der Waals surface area (Å²) in [7, 11) is 4.55. The zero-order chi connectivity index (χ0) is 16.8. The third-order valence-corrected chi connectivity index (χ3v) is 3.50. The predicted octanol–water partition coefficient (Wildman–Crippen LogP) is 2.60. The first kappa shape index (κ1) is 16.6. The first-order valence-corrected chi connectivity index (χ1v) is 7.11. The summed E-state index contributed by atoms with van der Waals surface area (Å²) in [4.78, 5) is 16.5. The Hall–Kier alpha value is -2.76. The zero-order valence-corrected chi connectivity index (χ0v) is 13.6. The van der Waals surface area contributed by atoms with Crippen molar-refractivity contribution in [1.29, 1.82) is 0 Å². The first-order valence-electron chi connectivity index (χ1n) is 7.11. The van der Waals surface area contributed by atoms with Gasteiger partial charge < -0.3 is 19.5 Å². The lowest BCUT2D eigenvalue weighted by molar-refractivity contribution is 0.0936. The minimum absolute atomic E-state index is 0.164. The van der Waals surface area contributed by atoms with Gasteiger partial charge in [0.1, 0.15) is 5.75 Å². The molecule has 1 atom stereocenters. The maximum atomic E-state index is 12.6. The van der Waals surface area contributed by atoms with Crippen molar-refractivity contribution in [1.82, 2.24) is 10.3 Å². The topological polar surface area (TPSA) is 69.7 Å². The zero-order valence-electron chi connectivity index (χ0n) is 13.6. The second-order valence-electron chi connectivity index (χ2n) is 4.88. The number of nitrogens with zero attached hydrogens (tertiary/aromatic N) is 1. The molecule has 1 aromatic heterocycles. The molecule has 6 heteroatoms. The van der Waals surface area contributed by atoms with Gasteiger partial charge in [-0.1, -0.05) is 0 Å². The van der Waals surface area contributed by atoms with E-state index in [4.69, 9.17) is 14.2 Å². The van der Waals surface area contributed by atoms with Crippen molar-refractivity contribution in [3.8, 4) is 17.2 Å². The molecule has 1 aromatic carbocycles. The largest absolute Gasteiger partial charge is 0.496 e. The average Bonchev–Trinajstić information content (AvgIpc) is 2.60. The number of methoxy groups -OCH3 is 3. The number of ether oxygens (including phenoxy) is 3. The van der Waals surface area contributed by atoms with E-state index in [9.17, 15) is 4.79 Å². The van der Waals surface area contributed by atoms with Crippen molar-refractivity contribution >= 4 is 5.91 Å². The van der Waals surface area contributed by atoms with E-state index < -0.39 is 0 Å². The Bertz CT molecular complexity index is 674. The smallest absolute Gasteiger partial charge is 0.255 e. The average molecular weight is 316 g/mol. The summed E-state index contributed by atoms with van der Waals surface area (Å²) in [6.07, 6.45) is 3.38. The van der Waals surface area contributed by atoms with Crippen LogP contribution in [-0.2, 0) is 0 Å². The maximum absolute atomic E-state index is 12.6. The quantitative estimate of drug-likeness (QED) is 0.887. The molecule has 23 heavy (non-hydrogen) atoms. The summed E-state index contributed by atoms with van der Waals surface area (Å²) in [5.41, 5.74) is 1.35. The van der Waals surface area contributed by atoms with E-state index in [-0.39, 0.29) is 11.9 Å². The van der Waals surface area contributed by atoms with Gasteiger partial charge in [-0.15, -0.1) is 0 Å². The Kier molecular flexibility index (Phi) is 5.41. The lowest BCUT2D eigenvalue weighted by atomic mass is 10.1. The van der Waals surface area contributed by atoms with Crippen molar-refractivity contribution in [2.75, 3.05) is 21.3 Å². The molecular weight excluding hydrogens is 296 g/mol. The Labute approximate surface area is 135 Å². The van der Waals surface area contributed by atoms with Crippen LogP contribution in [0.4, 0.5) is 0 Å². The Morgan fingerprint density at radius 3 is 2.13 bits per heavy atom. The second-order valence-corrected chi connectivity index (χ2v) is 4.88. The van der Waals surface area contributed by atoms with Crippen LogP contribution in [0.25, 0.3) is 0 Å². The second kappa shape index (κ2) is 7.49. The molecule has 1 N–H and O–H groups in total. The molecule has 0 saturated carbocycles. The van der Waals surface area contributed by atoms with Gasteiger partial charge in [0.15, 0.2) is 11.5 Å². The number of rotatable bonds is 6. The molecule has 0 bridgehead atoms. The summed E-state index contributed by atoms with van der Waals surface area (Å²) in [6.45, 7) is 1.90. The van der Waals surface area contributed by atoms with E-state index in [1.165, 1.54) is 21.3 Å². The van der Waals surface area contributed by atoms with E-state index in [0.29, 0.717) is 22.8 Å². The molecule has 0 saturated heterocycles. The fourth-order valence-electron chi connectivity index (χ4n) is 2.22. The molecule has 0 radical (unpaired) electrons. The Balaban J connectivity index is 2.28. The van der Waals surface area contributed by atoms with Gasteiger partial charge >= 0.3 is 0 Å². The number of amides is 1. The fraction of sp³-hybridized carbons (Fsp3) is 0.294. The van der Waals surface area contributed by atoms with Crippen molar-refractivity contribution < 1.29 is 19.0 Å². The molecule has 0 fully saturated rings. The molecule has 0 unspecified atom stereocenters. The molecular formula is C17H20N2O4. The first-order chi connectivity index (χ1) is 11.1. The van der Waals surface area contributed by atoms with Gasteiger partial charge in [-0.2, -0.15) is 0 Å². The van der Waals surface area contributed by atoms with Crippen LogP contribution in [0.15, 0.2) is 36.7 Å². The summed E-state index contributed by atoms with van der Waals surface area (Å²) in [5.74, 6) is 1.13. The van der Waals surface area contributed by atoms with Gasteiger partial charge in [0.25, 0.3) is 5.91 Å². The lowest BCUT2D eigenvalue weighted by Crippen LogP contribution is -2.27. The van der Waals surface area contributed by atoms with Crippen LogP contribution < -0.4 is 19.5 Å². The molecule has 0 spiro atoms. The summed E-state index contributed by atoms with van der Waals surface area (Å²) in [6, 6.07) is 6.79. The number of hydrogen-bond donors (Lipinski definition) is 1. The Morgan fingerprint density at radius 1 is 1.00 bits per heavy atom. The number of aromatic nitrogens is 1. The van der Waals surface area contributed by atoms with E-state index in [2.05, 4.69) is 10.3 Å². The highest BCUT2D eigenvalue weighted by Gasteiger charge is 2.19.